The molecule has 2 aromatic rings. The molecule has 0 aliphatic heterocycles. The van der Waals surface area contributed by atoms with Gasteiger partial charge in [-0.15, -0.1) is 0 Å². The quantitative estimate of drug-likeness (QED) is 0.461. The van der Waals surface area contributed by atoms with Crippen molar-refractivity contribution in [2.24, 2.45) is 0 Å². The molecule has 5 heteroatoms. The van der Waals surface area contributed by atoms with E-state index >= 15 is 0 Å². The average molecular weight is 390 g/mol. The van der Waals surface area contributed by atoms with Gasteiger partial charge < -0.3 is 5.11 Å². The van der Waals surface area contributed by atoms with E-state index in [9.17, 15) is 13.5 Å². The number of nitrogens with one attached hydrogen (secondary N) is 1. The standard InChI is InChI=1S/C22H31NO3S/c1-12(2)17-9-18(13(3)4)11-19(10-17)15(6)21-16(7)22(24)14(5)8-20(21)23-27(25)26/h8-13,15,24,27H,1-7H3,(H,23,25,26). The zero-order valence-electron chi connectivity index (χ0n) is 17.3. The summed E-state index contributed by atoms with van der Waals surface area (Å²) < 4.78 is 25.2. The number of phenolic OH excluding ortho intramolecular Hbond substituents is 1. The van der Waals surface area contributed by atoms with E-state index in [1.807, 2.05) is 6.92 Å². The third kappa shape index (κ3) is 4.64. The van der Waals surface area contributed by atoms with Crippen molar-refractivity contribution in [3.05, 3.63) is 57.6 Å². The molecular formula is C22H31NO3S. The van der Waals surface area contributed by atoms with Crippen LogP contribution in [0.4, 0.5) is 5.69 Å². The lowest BCUT2D eigenvalue weighted by Gasteiger charge is -2.23. The fourth-order valence-corrected chi connectivity index (χ4v) is 3.90. The third-order valence-electron chi connectivity index (χ3n) is 5.26. The number of benzene rings is 2. The molecule has 2 rings (SSSR count). The first kappa shape index (κ1) is 21.3. The fraction of sp³-hybridized carbons (Fsp3) is 0.455. The minimum absolute atomic E-state index is 0.0647. The summed E-state index contributed by atoms with van der Waals surface area (Å²) in [5, 5.41) is 10.4. The number of phenols is 1. The number of aryl methyl sites for hydroxylation is 1. The van der Waals surface area contributed by atoms with Crippen LogP contribution in [0, 0.1) is 13.8 Å². The zero-order chi connectivity index (χ0) is 20.5. The van der Waals surface area contributed by atoms with Gasteiger partial charge in [-0.2, -0.15) is 0 Å². The predicted molar refractivity (Wildman–Crippen MR) is 114 cm³/mol. The Bertz CT molecular complexity index is 880. The maximum atomic E-state index is 11.3. The van der Waals surface area contributed by atoms with E-state index in [1.54, 1.807) is 13.0 Å². The van der Waals surface area contributed by atoms with Crippen LogP contribution in [0.15, 0.2) is 24.3 Å². The highest BCUT2D eigenvalue weighted by Gasteiger charge is 2.21. The molecule has 0 bridgehead atoms. The lowest BCUT2D eigenvalue weighted by atomic mass is 9.83. The SMILES string of the molecule is Cc1cc(N[SH](=O)=O)c(C(C)c2cc(C(C)C)cc(C(C)C)c2)c(C)c1O. The molecule has 2 N–H and O–H groups in total. The van der Waals surface area contributed by atoms with E-state index in [0.717, 1.165) is 11.1 Å². The van der Waals surface area contributed by atoms with Crippen molar-refractivity contribution >= 4 is 16.6 Å². The number of anilines is 1. The Hall–Kier alpha value is -2.01. The van der Waals surface area contributed by atoms with Crippen molar-refractivity contribution in [1.82, 2.24) is 0 Å². The van der Waals surface area contributed by atoms with Gasteiger partial charge in [0.25, 0.3) is 0 Å². The molecular weight excluding hydrogens is 358 g/mol. The second-order valence-electron chi connectivity index (χ2n) is 7.96. The van der Waals surface area contributed by atoms with Gasteiger partial charge in [-0.1, -0.05) is 52.8 Å². The van der Waals surface area contributed by atoms with Crippen molar-refractivity contribution in [2.75, 3.05) is 4.72 Å². The summed E-state index contributed by atoms with van der Waals surface area (Å²) in [6.45, 7) is 14.4. The van der Waals surface area contributed by atoms with Crippen molar-refractivity contribution in [1.29, 1.82) is 0 Å². The first-order valence-corrected chi connectivity index (χ1v) is 10.6. The second-order valence-corrected chi connectivity index (χ2v) is 8.70. The molecule has 0 amide bonds. The van der Waals surface area contributed by atoms with Gasteiger partial charge >= 0.3 is 0 Å². The molecule has 0 radical (unpaired) electrons. The molecule has 0 saturated carbocycles. The number of hydrogen-bond acceptors (Lipinski definition) is 3. The highest BCUT2D eigenvalue weighted by Crippen LogP contribution is 2.40. The van der Waals surface area contributed by atoms with Crippen LogP contribution in [0.5, 0.6) is 5.75 Å². The monoisotopic (exact) mass is 389 g/mol. The number of thiol groups is 1. The lowest BCUT2D eigenvalue weighted by molar-refractivity contribution is 0.465. The van der Waals surface area contributed by atoms with E-state index in [1.165, 1.54) is 11.1 Å². The summed E-state index contributed by atoms with van der Waals surface area (Å²) in [5.74, 6) is 0.949. The van der Waals surface area contributed by atoms with Gasteiger partial charge in [0.2, 0.25) is 10.9 Å². The Morgan fingerprint density at radius 2 is 1.33 bits per heavy atom. The first-order chi connectivity index (χ1) is 12.5. The number of aromatic hydroxyl groups is 1. The number of rotatable bonds is 6. The normalized spacial score (nSPS) is 12.8. The zero-order valence-corrected chi connectivity index (χ0v) is 18.1. The maximum absolute atomic E-state index is 11.3. The minimum atomic E-state index is -2.79. The Balaban J connectivity index is 2.70. The van der Waals surface area contributed by atoms with E-state index in [4.69, 9.17) is 0 Å². The van der Waals surface area contributed by atoms with Gasteiger partial charge in [-0.05, 0) is 65.1 Å². The molecule has 4 nitrogen and oxygen atoms in total. The van der Waals surface area contributed by atoms with E-state index in [-0.39, 0.29) is 11.7 Å². The highest BCUT2D eigenvalue weighted by atomic mass is 32.2. The molecule has 0 aliphatic carbocycles. The predicted octanol–water partition coefficient (Wildman–Crippen LogP) is 5.35. The Morgan fingerprint density at radius 3 is 1.78 bits per heavy atom. The molecule has 1 unspecified atom stereocenters. The van der Waals surface area contributed by atoms with Crippen LogP contribution in [0.3, 0.4) is 0 Å². The van der Waals surface area contributed by atoms with Crippen LogP contribution in [-0.2, 0) is 10.9 Å². The molecule has 27 heavy (non-hydrogen) atoms. The molecule has 2 aromatic carbocycles. The smallest absolute Gasteiger partial charge is 0.222 e. The van der Waals surface area contributed by atoms with Gasteiger partial charge in [-0.25, -0.2) is 8.42 Å². The van der Waals surface area contributed by atoms with Gasteiger partial charge in [0.05, 0.1) is 5.69 Å². The van der Waals surface area contributed by atoms with Crippen molar-refractivity contribution in [3.63, 3.8) is 0 Å². The summed E-state index contributed by atoms with van der Waals surface area (Å²) in [5.41, 5.74) is 6.37. The topological polar surface area (TPSA) is 66.4 Å². The van der Waals surface area contributed by atoms with Crippen LogP contribution in [-0.4, -0.2) is 13.5 Å². The Kier molecular flexibility index (Phi) is 6.58. The average Bonchev–Trinajstić information content (AvgIpc) is 2.58. The van der Waals surface area contributed by atoms with Gasteiger partial charge in [0, 0.05) is 5.92 Å². The van der Waals surface area contributed by atoms with Crippen LogP contribution in [0.25, 0.3) is 0 Å². The van der Waals surface area contributed by atoms with Crippen LogP contribution < -0.4 is 4.72 Å². The summed E-state index contributed by atoms with van der Waals surface area (Å²) >= 11 is 0. The number of hydrogen-bond donors (Lipinski definition) is 3. The Morgan fingerprint density at radius 1 is 0.852 bits per heavy atom. The molecule has 1 atom stereocenters. The van der Waals surface area contributed by atoms with Crippen molar-refractivity contribution < 1.29 is 13.5 Å². The van der Waals surface area contributed by atoms with E-state index in [0.29, 0.717) is 28.7 Å². The Labute approximate surface area is 164 Å². The third-order valence-corrected chi connectivity index (χ3v) is 5.69. The van der Waals surface area contributed by atoms with Gasteiger partial charge in [-0.3, -0.25) is 4.72 Å². The largest absolute Gasteiger partial charge is 0.507 e. The van der Waals surface area contributed by atoms with Gasteiger partial charge in [0.15, 0.2) is 0 Å². The van der Waals surface area contributed by atoms with Crippen LogP contribution in [0.1, 0.15) is 85.8 Å². The summed E-state index contributed by atoms with van der Waals surface area (Å²) in [4.78, 5) is 0. The lowest BCUT2D eigenvalue weighted by Crippen LogP contribution is -2.08. The van der Waals surface area contributed by atoms with Crippen LogP contribution in [0.2, 0.25) is 0 Å². The molecule has 0 fully saturated rings. The minimum Gasteiger partial charge on any atom is -0.507 e. The first-order valence-electron chi connectivity index (χ1n) is 9.41. The molecule has 148 valence electrons. The molecule has 0 heterocycles. The van der Waals surface area contributed by atoms with E-state index in [2.05, 4.69) is 57.5 Å². The fourth-order valence-electron chi connectivity index (χ4n) is 3.52. The molecule has 0 aromatic heterocycles. The summed E-state index contributed by atoms with van der Waals surface area (Å²) in [6, 6.07) is 8.34. The molecule has 0 saturated heterocycles. The van der Waals surface area contributed by atoms with Crippen molar-refractivity contribution in [3.8, 4) is 5.75 Å². The highest BCUT2D eigenvalue weighted by molar-refractivity contribution is 7.73. The van der Waals surface area contributed by atoms with E-state index < -0.39 is 10.9 Å². The van der Waals surface area contributed by atoms with Crippen molar-refractivity contribution in [2.45, 2.75) is 66.2 Å². The second kappa shape index (κ2) is 8.34. The van der Waals surface area contributed by atoms with Crippen LogP contribution >= 0.6 is 0 Å². The maximum Gasteiger partial charge on any atom is 0.222 e. The summed E-state index contributed by atoms with van der Waals surface area (Å²) in [6.07, 6.45) is 0. The van der Waals surface area contributed by atoms with Gasteiger partial charge in [0.1, 0.15) is 5.75 Å². The summed E-state index contributed by atoms with van der Waals surface area (Å²) in [7, 11) is -2.79. The molecule has 0 aliphatic rings. The molecule has 0 spiro atoms.